The molecule has 0 aliphatic carbocycles. The molecule has 7 heteroatoms. The topological polar surface area (TPSA) is 63.4 Å². The van der Waals surface area contributed by atoms with Crippen LogP contribution in [0, 0.1) is 0 Å². The number of halogens is 1. The molecule has 0 saturated carbocycles. The lowest BCUT2D eigenvalue weighted by molar-refractivity contribution is 0.171. The van der Waals surface area contributed by atoms with E-state index in [-0.39, 0.29) is 23.9 Å². The quantitative estimate of drug-likeness (QED) is 0.885. The Bertz CT molecular complexity index is 542. The SMILES string of the molecule is CC(N)C(c1cc(Br)cs1)N(C)C1CCS(=O)(=O)C1. The van der Waals surface area contributed by atoms with Gasteiger partial charge in [0, 0.05) is 26.8 Å². The van der Waals surface area contributed by atoms with Crippen LogP contribution in [0.25, 0.3) is 0 Å². The highest BCUT2D eigenvalue weighted by Crippen LogP contribution is 2.33. The van der Waals surface area contributed by atoms with E-state index in [1.165, 1.54) is 4.88 Å². The van der Waals surface area contributed by atoms with E-state index in [1.54, 1.807) is 11.3 Å². The first-order chi connectivity index (χ1) is 8.80. The number of likely N-dealkylation sites (N-methyl/N-ethyl adjacent to an activating group) is 1. The van der Waals surface area contributed by atoms with E-state index >= 15 is 0 Å². The summed E-state index contributed by atoms with van der Waals surface area (Å²) in [4.78, 5) is 3.31. The molecule has 0 amide bonds. The van der Waals surface area contributed by atoms with Crippen LogP contribution in [0.15, 0.2) is 15.9 Å². The molecule has 1 aliphatic heterocycles. The van der Waals surface area contributed by atoms with Gasteiger partial charge in [-0.2, -0.15) is 0 Å². The van der Waals surface area contributed by atoms with Gasteiger partial charge in [-0.1, -0.05) is 0 Å². The van der Waals surface area contributed by atoms with Crippen molar-refractivity contribution in [2.45, 2.75) is 31.5 Å². The van der Waals surface area contributed by atoms with E-state index in [4.69, 9.17) is 5.73 Å². The third-order valence-corrected chi connectivity index (χ3v) is 7.11. The highest BCUT2D eigenvalue weighted by atomic mass is 79.9. The van der Waals surface area contributed by atoms with Crippen LogP contribution in [0.1, 0.15) is 24.3 Å². The Hall–Kier alpha value is 0.0500. The van der Waals surface area contributed by atoms with Gasteiger partial charge in [-0.3, -0.25) is 4.90 Å². The molecule has 2 rings (SSSR count). The predicted molar refractivity (Wildman–Crippen MR) is 83.2 cm³/mol. The monoisotopic (exact) mass is 366 g/mol. The Morgan fingerprint density at radius 2 is 2.26 bits per heavy atom. The number of hydrogen-bond acceptors (Lipinski definition) is 5. The predicted octanol–water partition coefficient (Wildman–Crippen LogP) is 2.02. The molecule has 4 nitrogen and oxygen atoms in total. The molecule has 2 N–H and O–H groups in total. The molecule has 2 heterocycles. The van der Waals surface area contributed by atoms with Crippen LogP contribution >= 0.6 is 27.3 Å². The van der Waals surface area contributed by atoms with Crippen molar-refractivity contribution in [1.82, 2.24) is 4.90 Å². The second-order valence-electron chi connectivity index (χ2n) is 5.19. The molecule has 1 aromatic heterocycles. The van der Waals surface area contributed by atoms with Crippen molar-refractivity contribution in [3.63, 3.8) is 0 Å². The normalized spacial score (nSPS) is 25.6. The summed E-state index contributed by atoms with van der Waals surface area (Å²) in [7, 11) is -0.886. The van der Waals surface area contributed by atoms with Crippen LogP contribution in [0.2, 0.25) is 0 Å². The minimum atomic E-state index is -2.87. The molecular weight excluding hydrogens is 348 g/mol. The maximum Gasteiger partial charge on any atom is 0.151 e. The average molecular weight is 367 g/mol. The molecule has 108 valence electrons. The van der Waals surface area contributed by atoms with E-state index in [0.29, 0.717) is 12.2 Å². The van der Waals surface area contributed by atoms with Crippen LogP contribution in [0.4, 0.5) is 0 Å². The standard InChI is InChI=1S/C12H19BrN2O2S2/c1-8(14)12(11-5-9(13)6-18-11)15(2)10-3-4-19(16,17)7-10/h5-6,8,10,12H,3-4,7,14H2,1-2H3. The van der Waals surface area contributed by atoms with Gasteiger partial charge in [0.2, 0.25) is 0 Å². The number of nitrogens with zero attached hydrogens (tertiary/aromatic N) is 1. The minimum Gasteiger partial charge on any atom is -0.326 e. The zero-order valence-electron chi connectivity index (χ0n) is 11.0. The summed E-state index contributed by atoms with van der Waals surface area (Å²) in [6.07, 6.45) is 0.703. The molecule has 1 aromatic rings. The van der Waals surface area contributed by atoms with Gasteiger partial charge in [0.25, 0.3) is 0 Å². The summed E-state index contributed by atoms with van der Waals surface area (Å²) < 4.78 is 24.3. The first-order valence-corrected chi connectivity index (χ1v) is 9.71. The van der Waals surface area contributed by atoms with Crippen LogP contribution in [0.3, 0.4) is 0 Å². The Morgan fingerprint density at radius 3 is 2.68 bits per heavy atom. The van der Waals surface area contributed by atoms with E-state index < -0.39 is 9.84 Å². The highest BCUT2D eigenvalue weighted by molar-refractivity contribution is 9.10. The van der Waals surface area contributed by atoms with Gasteiger partial charge in [0.1, 0.15) is 0 Å². The molecule has 19 heavy (non-hydrogen) atoms. The van der Waals surface area contributed by atoms with Gasteiger partial charge < -0.3 is 5.73 Å². The fourth-order valence-electron chi connectivity index (χ4n) is 2.64. The molecule has 1 saturated heterocycles. The molecule has 0 radical (unpaired) electrons. The van der Waals surface area contributed by atoms with Crippen molar-refractivity contribution in [2.75, 3.05) is 18.6 Å². The van der Waals surface area contributed by atoms with Crippen molar-refractivity contribution < 1.29 is 8.42 Å². The third-order valence-electron chi connectivity index (χ3n) is 3.60. The second-order valence-corrected chi connectivity index (χ2v) is 9.28. The lowest BCUT2D eigenvalue weighted by Crippen LogP contribution is -2.43. The van der Waals surface area contributed by atoms with Crippen molar-refractivity contribution in [3.05, 3.63) is 20.8 Å². The molecule has 0 bridgehead atoms. The van der Waals surface area contributed by atoms with Crippen molar-refractivity contribution >= 4 is 37.1 Å². The Labute approximate surface area is 127 Å². The summed E-state index contributed by atoms with van der Waals surface area (Å²) in [6, 6.07) is 2.16. The molecule has 0 aromatic carbocycles. The van der Waals surface area contributed by atoms with Gasteiger partial charge in [0.15, 0.2) is 9.84 Å². The Morgan fingerprint density at radius 1 is 1.58 bits per heavy atom. The summed E-state index contributed by atoms with van der Waals surface area (Å²) in [5.74, 6) is 0.543. The third kappa shape index (κ3) is 3.58. The van der Waals surface area contributed by atoms with E-state index in [2.05, 4.69) is 26.9 Å². The molecule has 3 atom stereocenters. The zero-order chi connectivity index (χ0) is 14.2. The molecule has 0 spiro atoms. The summed E-state index contributed by atoms with van der Waals surface area (Å²) >= 11 is 5.11. The number of rotatable bonds is 4. The summed E-state index contributed by atoms with van der Waals surface area (Å²) in [5, 5.41) is 2.03. The van der Waals surface area contributed by atoms with Gasteiger partial charge in [-0.15, -0.1) is 11.3 Å². The molecule has 1 fully saturated rings. The van der Waals surface area contributed by atoms with Crippen LogP contribution in [0.5, 0.6) is 0 Å². The minimum absolute atomic E-state index is 0.0427. The van der Waals surface area contributed by atoms with Crippen molar-refractivity contribution in [2.24, 2.45) is 5.73 Å². The fraction of sp³-hybridized carbons (Fsp3) is 0.667. The first-order valence-electron chi connectivity index (χ1n) is 6.22. The van der Waals surface area contributed by atoms with Gasteiger partial charge in [-0.25, -0.2) is 8.42 Å². The lowest BCUT2D eigenvalue weighted by Gasteiger charge is -2.34. The van der Waals surface area contributed by atoms with Crippen LogP contribution in [-0.4, -0.2) is 44.0 Å². The van der Waals surface area contributed by atoms with Crippen molar-refractivity contribution in [3.8, 4) is 0 Å². The number of sulfone groups is 1. The molecule has 3 unspecified atom stereocenters. The number of hydrogen-bond donors (Lipinski definition) is 1. The zero-order valence-corrected chi connectivity index (χ0v) is 14.3. The maximum absolute atomic E-state index is 11.6. The fourth-order valence-corrected chi connectivity index (χ4v) is 6.13. The molecule has 1 aliphatic rings. The van der Waals surface area contributed by atoms with Gasteiger partial charge >= 0.3 is 0 Å². The summed E-state index contributed by atoms with van der Waals surface area (Å²) in [6.45, 7) is 1.97. The Kier molecular flexibility index (Phi) is 4.72. The highest BCUT2D eigenvalue weighted by Gasteiger charge is 2.35. The van der Waals surface area contributed by atoms with Gasteiger partial charge in [-0.05, 0) is 42.4 Å². The van der Waals surface area contributed by atoms with E-state index in [9.17, 15) is 8.42 Å². The molecular formula is C12H19BrN2O2S2. The van der Waals surface area contributed by atoms with Gasteiger partial charge in [0.05, 0.1) is 17.5 Å². The first kappa shape index (κ1) is 15.4. The van der Waals surface area contributed by atoms with Crippen LogP contribution < -0.4 is 5.73 Å². The Balaban J connectivity index is 2.20. The largest absolute Gasteiger partial charge is 0.326 e. The van der Waals surface area contributed by atoms with Crippen LogP contribution in [-0.2, 0) is 9.84 Å². The van der Waals surface area contributed by atoms with Crippen molar-refractivity contribution in [1.29, 1.82) is 0 Å². The summed E-state index contributed by atoms with van der Waals surface area (Å²) in [5.41, 5.74) is 6.11. The number of thiophene rings is 1. The van der Waals surface area contributed by atoms with E-state index in [1.807, 2.05) is 19.4 Å². The lowest BCUT2D eigenvalue weighted by atomic mass is 10.0. The maximum atomic E-state index is 11.6. The number of nitrogens with two attached hydrogens (primary N) is 1. The second kappa shape index (κ2) is 5.81. The average Bonchev–Trinajstić information content (AvgIpc) is 2.84. The smallest absolute Gasteiger partial charge is 0.151 e. The van der Waals surface area contributed by atoms with E-state index in [0.717, 1.165) is 4.47 Å².